The van der Waals surface area contributed by atoms with Crippen LogP contribution >= 0.6 is 0 Å². The van der Waals surface area contributed by atoms with Gasteiger partial charge in [-0.05, 0) is 49.6 Å². The summed E-state index contributed by atoms with van der Waals surface area (Å²) in [4.78, 5) is 12.5. The number of hydrogen-bond acceptors (Lipinski definition) is 2. The summed E-state index contributed by atoms with van der Waals surface area (Å²) in [5.74, 6) is -0.0897. The highest BCUT2D eigenvalue weighted by atomic mass is 19.1. The van der Waals surface area contributed by atoms with Crippen LogP contribution in [0.3, 0.4) is 0 Å². The lowest BCUT2D eigenvalue weighted by Gasteiger charge is -2.31. The van der Waals surface area contributed by atoms with Gasteiger partial charge in [0.2, 0.25) is 5.91 Å². The minimum absolute atomic E-state index is 0.0162. The summed E-state index contributed by atoms with van der Waals surface area (Å²) in [7, 11) is 0. The predicted molar refractivity (Wildman–Crippen MR) is 74.5 cm³/mol. The third kappa shape index (κ3) is 2.78. The number of anilines is 1. The SMILES string of the molecule is Cc1cc(F)cc(NC(=O)C2(C(C)C)CCNC2)c1. The standard InChI is InChI=1S/C15H21FN2O/c1-10(2)15(4-5-17-9-15)14(19)18-13-7-11(3)6-12(16)8-13/h6-8,10,17H,4-5,9H2,1-3H3,(H,18,19). The summed E-state index contributed by atoms with van der Waals surface area (Å²) in [6, 6.07) is 4.60. The molecule has 0 radical (unpaired) electrons. The van der Waals surface area contributed by atoms with Crippen LogP contribution in [0.2, 0.25) is 0 Å². The molecule has 1 aromatic carbocycles. The maximum atomic E-state index is 13.3. The molecule has 4 heteroatoms. The fraction of sp³-hybridized carbons (Fsp3) is 0.533. The monoisotopic (exact) mass is 264 g/mol. The minimum Gasteiger partial charge on any atom is -0.325 e. The molecular weight excluding hydrogens is 243 g/mol. The van der Waals surface area contributed by atoms with E-state index in [1.807, 2.05) is 6.92 Å². The van der Waals surface area contributed by atoms with Gasteiger partial charge in [-0.2, -0.15) is 0 Å². The third-order valence-electron chi connectivity index (χ3n) is 4.05. The van der Waals surface area contributed by atoms with Crippen molar-refractivity contribution in [3.8, 4) is 0 Å². The molecule has 1 fully saturated rings. The highest BCUT2D eigenvalue weighted by Gasteiger charge is 2.43. The van der Waals surface area contributed by atoms with Crippen molar-refractivity contribution >= 4 is 11.6 Å². The maximum absolute atomic E-state index is 13.3. The maximum Gasteiger partial charge on any atom is 0.232 e. The second-order valence-corrected chi connectivity index (χ2v) is 5.71. The molecule has 1 saturated heterocycles. The van der Waals surface area contributed by atoms with Gasteiger partial charge < -0.3 is 10.6 Å². The van der Waals surface area contributed by atoms with Crippen molar-refractivity contribution in [2.24, 2.45) is 11.3 Å². The van der Waals surface area contributed by atoms with Crippen LogP contribution < -0.4 is 10.6 Å². The minimum atomic E-state index is -0.389. The molecule has 0 spiro atoms. The number of amides is 1. The Labute approximate surface area is 113 Å². The number of benzene rings is 1. The second kappa shape index (κ2) is 5.29. The van der Waals surface area contributed by atoms with E-state index < -0.39 is 0 Å². The van der Waals surface area contributed by atoms with E-state index in [1.165, 1.54) is 12.1 Å². The van der Waals surface area contributed by atoms with Gasteiger partial charge in [0, 0.05) is 12.2 Å². The van der Waals surface area contributed by atoms with Crippen LogP contribution in [0.4, 0.5) is 10.1 Å². The summed E-state index contributed by atoms with van der Waals surface area (Å²) in [6.07, 6.45) is 0.824. The molecule has 19 heavy (non-hydrogen) atoms. The van der Waals surface area contributed by atoms with E-state index in [2.05, 4.69) is 24.5 Å². The molecule has 1 aliphatic heterocycles. The molecular formula is C15H21FN2O. The lowest BCUT2D eigenvalue weighted by atomic mass is 9.75. The zero-order chi connectivity index (χ0) is 14.0. The Morgan fingerprint density at radius 3 is 2.68 bits per heavy atom. The van der Waals surface area contributed by atoms with E-state index in [-0.39, 0.29) is 23.1 Å². The zero-order valence-corrected chi connectivity index (χ0v) is 11.7. The van der Waals surface area contributed by atoms with Crippen molar-refractivity contribution < 1.29 is 9.18 Å². The van der Waals surface area contributed by atoms with E-state index in [0.717, 1.165) is 18.5 Å². The highest BCUT2D eigenvalue weighted by molar-refractivity contribution is 5.96. The summed E-state index contributed by atoms with van der Waals surface area (Å²) in [5, 5.41) is 6.12. The topological polar surface area (TPSA) is 41.1 Å². The third-order valence-corrected chi connectivity index (χ3v) is 4.05. The highest BCUT2D eigenvalue weighted by Crippen LogP contribution is 2.35. The first-order valence-electron chi connectivity index (χ1n) is 6.73. The van der Waals surface area contributed by atoms with Crippen molar-refractivity contribution in [1.82, 2.24) is 5.32 Å². The summed E-state index contributed by atoms with van der Waals surface area (Å²) in [6.45, 7) is 7.47. The Hall–Kier alpha value is -1.42. The number of halogens is 1. The fourth-order valence-corrected chi connectivity index (χ4v) is 2.72. The molecule has 1 aromatic rings. The van der Waals surface area contributed by atoms with Gasteiger partial charge in [0.05, 0.1) is 5.41 Å². The van der Waals surface area contributed by atoms with Crippen molar-refractivity contribution in [3.05, 3.63) is 29.6 Å². The Morgan fingerprint density at radius 2 is 2.16 bits per heavy atom. The average molecular weight is 264 g/mol. The Bertz CT molecular complexity index is 459. The average Bonchev–Trinajstić information content (AvgIpc) is 2.77. The summed E-state index contributed by atoms with van der Waals surface area (Å²) >= 11 is 0. The number of aryl methyl sites for hydroxylation is 1. The van der Waals surface area contributed by atoms with E-state index in [1.54, 1.807) is 6.07 Å². The summed E-state index contributed by atoms with van der Waals surface area (Å²) < 4.78 is 13.3. The van der Waals surface area contributed by atoms with Gasteiger partial charge in [0.1, 0.15) is 5.82 Å². The molecule has 104 valence electrons. The Morgan fingerprint density at radius 1 is 1.42 bits per heavy atom. The summed E-state index contributed by atoms with van der Waals surface area (Å²) in [5.41, 5.74) is 0.952. The van der Waals surface area contributed by atoms with Crippen LogP contribution in [-0.2, 0) is 4.79 Å². The largest absolute Gasteiger partial charge is 0.325 e. The number of carbonyl (C=O) groups excluding carboxylic acids is 1. The molecule has 2 rings (SSSR count). The molecule has 3 nitrogen and oxygen atoms in total. The fourth-order valence-electron chi connectivity index (χ4n) is 2.72. The number of rotatable bonds is 3. The van der Waals surface area contributed by atoms with Crippen LogP contribution in [0.15, 0.2) is 18.2 Å². The second-order valence-electron chi connectivity index (χ2n) is 5.71. The molecule has 1 heterocycles. The smallest absolute Gasteiger partial charge is 0.232 e. The molecule has 1 unspecified atom stereocenters. The molecule has 2 N–H and O–H groups in total. The van der Waals surface area contributed by atoms with Gasteiger partial charge in [-0.3, -0.25) is 4.79 Å². The first-order chi connectivity index (χ1) is 8.94. The Kier molecular flexibility index (Phi) is 3.90. The van der Waals surface area contributed by atoms with Crippen LogP contribution in [0, 0.1) is 24.1 Å². The van der Waals surface area contributed by atoms with Crippen molar-refractivity contribution in [2.45, 2.75) is 27.2 Å². The van der Waals surface area contributed by atoms with Crippen molar-refractivity contribution in [1.29, 1.82) is 0 Å². The molecule has 0 aliphatic carbocycles. The van der Waals surface area contributed by atoms with E-state index in [0.29, 0.717) is 12.2 Å². The molecule has 1 aliphatic rings. The zero-order valence-electron chi connectivity index (χ0n) is 11.7. The van der Waals surface area contributed by atoms with Crippen molar-refractivity contribution in [3.63, 3.8) is 0 Å². The van der Waals surface area contributed by atoms with E-state index >= 15 is 0 Å². The lowest BCUT2D eigenvalue weighted by Crippen LogP contribution is -2.42. The number of carbonyl (C=O) groups is 1. The normalized spacial score (nSPS) is 22.8. The quantitative estimate of drug-likeness (QED) is 0.881. The number of nitrogens with one attached hydrogen (secondary N) is 2. The Balaban J connectivity index is 2.20. The molecule has 1 amide bonds. The molecule has 0 bridgehead atoms. The van der Waals surface area contributed by atoms with Gasteiger partial charge in [0.25, 0.3) is 0 Å². The van der Waals surface area contributed by atoms with Crippen LogP contribution in [0.25, 0.3) is 0 Å². The van der Waals surface area contributed by atoms with Crippen molar-refractivity contribution in [2.75, 3.05) is 18.4 Å². The van der Waals surface area contributed by atoms with Gasteiger partial charge in [0.15, 0.2) is 0 Å². The first kappa shape index (κ1) is 14.0. The molecule has 0 aromatic heterocycles. The van der Waals surface area contributed by atoms with Gasteiger partial charge in [-0.25, -0.2) is 4.39 Å². The van der Waals surface area contributed by atoms with E-state index in [9.17, 15) is 9.18 Å². The molecule has 1 atom stereocenters. The van der Waals surface area contributed by atoms with Crippen LogP contribution in [0.5, 0.6) is 0 Å². The van der Waals surface area contributed by atoms with Gasteiger partial charge >= 0.3 is 0 Å². The van der Waals surface area contributed by atoms with Crippen LogP contribution in [0.1, 0.15) is 25.8 Å². The predicted octanol–water partition coefficient (Wildman–Crippen LogP) is 2.71. The number of hydrogen-bond donors (Lipinski definition) is 2. The van der Waals surface area contributed by atoms with E-state index in [4.69, 9.17) is 0 Å². The molecule has 0 saturated carbocycles. The van der Waals surface area contributed by atoms with Crippen LogP contribution in [-0.4, -0.2) is 19.0 Å². The van der Waals surface area contributed by atoms with Gasteiger partial charge in [-0.15, -0.1) is 0 Å². The lowest BCUT2D eigenvalue weighted by molar-refractivity contribution is -0.126. The van der Waals surface area contributed by atoms with Gasteiger partial charge in [-0.1, -0.05) is 13.8 Å². The first-order valence-corrected chi connectivity index (χ1v) is 6.73.